The molecule has 3 rings (SSSR count). The molecular formula is C16H15N5O3S. The van der Waals surface area contributed by atoms with Crippen LogP contribution in [0.4, 0.5) is 0 Å². The first-order valence-electron chi connectivity index (χ1n) is 7.39. The van der Waals surface area contributed by atoms with Crippen molar-refractivity contribution in [3.8, 4) is 5.69 Å². The van der Waals surface area contributed by atoms with Crippen molar-refractivity contribution in [2.45, 2.75) is 5.03 Å². The van der Waals surface area contributed by atoms with Crippen LogP contribution < -0.4 is 5.32 Å². The largest absolute Gasteiger partial charge is 0.468 e. The van der Waals surface area contributed by atoms with Gasteiger partial charge in [-0.2, -0.15) is 5.10 Å². The lowest BCUT2D eigenvalue weighted by Gasteiger charge is -2.05. The maximum Gasteiger partial charge on any atom is 0.325 e. The highest BCUT2D eigenvalue weighted by molar-refractivity contribution is 8.00. The summed E-state index contributed by atoms with van der Waals surface area (Å²) in [7, 11) is 1.27. The van der Waals surface area contributed by atoms with Crippen LogP contribution in [0.25, 0.3) is 16.7 Å². The summed E-state index contributed by atoms with van der Waals surface area (Å²) in [6.45, 7) is -0.152. The van der Waals surface area contributed by atoms with E-state index in [1.807, 2.05) is 30.3 Å². The standard InChI is InChI=1S/C16H15N5O3S/c1-24-14(23)8-17-13(22)9-25-16-12-7-20-21(15(12)18-10-19-16)11-5-3-2-4-6-11/h2-7,10H,8-9H2,1H3,(H,17,22). The van der Waals surface area contributed by atoms with Crippen molar-refractivity contribution in [1.29, 1.82) is 0 Å². The smallest absolute Gasteiger partial charge is 0.325 e. The number of benzene rings is 1. The van der Waals surface area contributed by atoms with Crippen molar-refractivity contribution < 1.29 is 14.3 Å². The third kappa shape index (κ3) is 3.94. The molecule has 128 valence electrons. The molecule has 9 heteroatoms. The zero-order valence-electron chi connectivity index (χ0n) is 13.4. The topological polar surface area (TPSA) is 99.0 Å². The van der Waals surface area contributed by atoms with Crippen molar-refractivity contribution in [2.24, 2.45) is 0 Å². The second-order valence-corrected chi connectivity index (χ2v) is 5.91. The van der Waals surface area contributed by atoms with Crippen LogP contribution in [-0.4, -0.2) is 51.0 Å². The van der Waals surface area contributed by atoms with E-state index in [1.165, 1.54) is 25.2 Å². The molecule has 0 aliphatic heterocycles. The number of esters is 1. The summed E-state index contributed by atoms with van der Waals surface area (Å²) in [6, 6.07) is 9.64. The molecule has 8 nitrogen and oxygen atoms in total. The number of rotatable bonds is 6. The van der Waals surface area contributed by atoms with Gasteiger partial charge in [-0.05, 0) is 12.1 Å². The second kappa shape index (κ2) is 7.75. The van der Waals surface area contributed by atoms with Crippen molar-refractivity contribution in [3.05, 3.63) is 42.9 Å². The Morgan fingerprint density at radius 3 is 2.80 bits per heavy atom. The highest BCUT2D eigenvalue weighted by atomic mass is 32.2. The van der Waals surface area contributed by atoms with Crippen LogP contribution in [-0.2, 0) is 14.3 Å². The fraction of sp³-hybridized carbons (Fsp3) is 0.188. The van der Waals surface area contributed by atoms with Gasteiger partial charge in [0.2, 0.25) is 5.91 Å². The van der Waals surface area contributed by atoms with E-state index in [-0.39, 0.29) is 18.2 Å². The number of fused-ring (bicyclic) bond motifs is 1. The van der Waals surface area contributed by atoms with Gasteiger partial charge in [-0.1, -0.05) is 30.0 Å². The van der Waals surface area contributed by atoms with E-state index in [0.29, 0.717) is 10.7 Å². The molecule has 2 aromatic heterocycles. The van der Waals surface area contributed by atoms with Crippen LogP contribution in [0.15, 0.2) is 47.9 Å². The number of ether oxygens (including phenoxy) is 1. The Morgan fingerprint density at radius 2 is 2.04 bits per heavy atom. The summed E-state index contributed by atoms with van der Waals surface area (Å²) in [4.78, 5) is 31.3. The zero-order chi connectivity index (χ0) is 17.6. The number of nitrogens with zero attached hydrogens (tertiary/aromatic N) is 4. The molecule has 25 heavy (non-hydrogen) atoms. The van der Waals surface area contributed by atoms with Gasteiger partial charge in [0.1, 0.15) is 17.9 Å². The van der Waals surface area contributed by atoms with E-state index in [9.17, 15) is 9.59 Å². The molecule has 0 unspecified atom stereocenters. The molecule has 0 fully saturated rings. The number of hydrogen-bond donors (Lipinski definition) is 1. The van der Waals surface area contributed by atoms with Gasteiger partial charge in [0.15, 0.2) is 5.65 Å². The second-order valence-electron chi connectivity index (χ2n) is 4.95. The average Bonchev–Trinajstić information content (AvgIpc) is 3.09. The number of para-hydroxylation sites is 1. The number of carbonyl (C=O) groups is 2. The summed E-state index contributed by atoms with van der Waals surface area (Å²) in [6.07, 6.45) is 3.12. The Balaban J connectivity index is 1.74. The van der Waals surface area contributed by atoms with Gasteiger partial charge in [-0.3, -0.25) is 9.59 Å². The van der Waals surface area contributed by atoms with Gasteiger partial charge in [-0.15, -0.1) is 0 Å². The molecule has 0 aliphatic rings. The molecule has 0 spiro atoms. The average molecular weight is 357 g/mol. The van der Waals surface area contributed by atoms with Crippen LogP contribution in [0.2, 0.25) is 0 Å². The van der Waals surface area contributed by atoms with Gasteiger partial charge in [0, 0.05) is 0 Å². The van der Waals surface area contributed by atoms with Crippen molar-refractivity contribution in [3.63, 3.8) is 0 Å². The summed E-state index contributed by atoms with van der Waals surface area (Å²) >= 11 is 1.26. The molecular weight excluding hydrogens is 342 g/mol. The Hall–Kier alpha value is -2.94. The molecule has 0 atom stereocenters. The van der Waals surface area contributed by atoms with E-state index in [0.717, 1.165) is 11.1 Å². The maximum absolute atomic E-state index is 11.8. The number of hydrogen-bond acceptors (Lipinski definition) is 7. The predicted molar refractivity (Wildman–Crippen MR) is 92.4 cm³/mol. The first kappa shape index (κ1) is 16.9. The van der Waals surface area contributed by atoms with Crippen molar-refractivity contribution >= 4 is 34.7 Å². The molecule has 0 bridgehead atoms. The zero-order valence-corrected chi connectivity index (χ0v) is 14.2. The van der Waals surface area contributed by atoms with Gasteiger partial charge in [0.25, 0.3) is 0 Å². The number of amides is 1. The normalized spacial score (nSPS) is 10.6. The number of nitrogens with one attached hydrogen (secondary N) is 1. The Labute approximate surface area is 147 Å². The monoisotopic (exact) mass is 357 g/mol. The van der Waals surface area contributed by atoms with E-state index in [2.05, 4.69) is 25.1 Å². The Kier molecular flexibility index (Phi) is 5.24. The molecule has 0 radical (unpaired) electrons. The maximum atomic E-state index is 11.8. The SMILES string of the molecule is COC(=O)CNC(=O)CSc1ncnc2c1cnn2-c1ccccc1. The lowest BCUT2D eigenvalue weighted by Crippen LogP contribution is -2.31. The first-order valence-corrected chi connectivity index (χ1v) is 8.38. The molecule has 0 saturated carbocycles. The van der Waals surface area contributed by atoms with Gasteiger partial charge >= 0.3 is 5.97 Å². The van der Waals surface area contributed by atoms with Crippen LogP contribution in [0.1, 0.15) is 0 Å². The molecule has 3 aromatic rings. The summed E-state index contributed by atoms with van der Waals surface area (Å²) in [5.41, 5.74) is 1.56. The van der Waals surface area contributed by atoms with Gasteiger partial charge in [0.05, 0.1) is 30.1 Å². The summed E-state index contributed by atoms with van der Waals surface area (Å²) in [5.74, 6) is -0.649. The van der Waals surface area contributed by atoms with Crippen LogP contribution in [0.3, 0.4) is 0 Å². The Bertz CT molecular complexity index is 897. The molecule has 1 amide bonds. The van der Waals surface area contributed by atoms with Crippen LogP contribution >= 0.6 is 11.8 Å². The van der Waals surface area contributed by atoms with E-state index >= 15 is 0 Å². The molecule has 1 aromatic carbocycles. The minimum Gasteiger partial charge on any atom is -0.468 e. The van der Waals surface area contributed by atoms with E-state index in [4.69, 9.17) is 0 Å². The lowest BCUT2D eigenvalue weighted by molar-refractivity contribution is -0.140. The van der Waals surface area contributed by atoms with Crippen molar-refractivity contribution in [1.82, 2.24) is 25.1 Å². The quantitative estimate of drug-likeness (QED) is 0.402. The molecule has 0 aliphatic carbocycles. The van der Waals surface area contributed by atoms with Crippen molar-refractivity contribution in [2.75, 3.05) is 19.4 Å². The van der Waals surface area contributed by atoms with E-state index < -0.39 is 5.97 Å². The fourth-order valence-electron chi connectivity index (χ4n) is 2.12. The lowest BCUT2D eigenvalue weighted by atomic mass is 10.3. The molecule has 1 N–H and O–H groups in total. The first-order chi connectivity index (χ1) is 12.2. The molecule has 2 heterocycles. The number of carbonyl (C=O) groups excluding carboxylic acids is 2. The minimum atomic E-state index is -0.494. The van der Waals surface area contributed by atoms with Gasteiger partial charge < -0.3 is 10.1 Å². The summed E-state index contributed by atoms with van der Waals surface area (Å²) < 4.78 is 6.19. The molecule has 0 saturated heterocycles. The number of thioether (sulfide) groups is 1. The van der Waals surface area contributed by atoms with Crippen LogP contribution in [0.5, 0.6) is 0 Å². The van der Waals surface area contributed by atoms with Gasteiger partial charge in [-0.25, -0.2) is 14.6 Å². The Morgan fingerprint density at radius 1 is 1.24 bits per heavy atom. The van der Waals surface area contributed by atoms with Crippen LogP contribution in [0, 0.1) is 0 Å². The highest BCUT2D eigenvalue weighted by Gasteiger charge is 2.13. The summed E-state index contributed by atoms with van der Waals surface area (Å²) in [5, 5.41) is 8.26. The predicted octanol–water partition coefficient (Wildman–Crippen LogP) is 1.20. The van der Waals surface area contributed by atoms with E-state index in [1.54, 1.807) is 10.9 Å². The third-order valence-electron chi connectivity index (χ3n) is 3.33. The fourth-order valence-corrected chi connectivity index (χ4v) is 2.91. The third-order valence-corrected chi connectivity index (χ3v) is 4.33. The number of methoxy groups -OCH3 is 1. The minimum absolute atomic E-state index is 0.125. The number of aromatic nitrogens is 4. The highest BCUT2D eigenvalue weighted by Crippen LogP contribution is 2.25.